The summed E-state index contributed by atoms with van der Waals surface area (Å²) in [5.74, 6) is 1.20. The van der Waals surface area contributed by atoms with Crippen LogP contribution in [0.1, 0.15) is 11.6 Å². The second-order valence-electron chi connectivity index (χ2n) is 5.48. The van der Waals surface area contributed by atoms with Gasteiger partial charge >= 0.3 is 0 Å². The Morgan fingerprint density at radius 1 is 1.33 bits per heavy atom. The zero-order valence-corrected chi connectivity index (χ0v) is 15.0. The molecule has 1 aliphatic heterocycles. The first kappa shape index (κ1) is 15.3. The normalized spacial score (nSPS) is 17.4. The van der Waals surface area contributed by atoms with Crippen LogP contribution >= 0.6 is 15.9 Å². The van der Waals surface area contributed by atoms with Gasteiger partial charge in [0.05, 0.1) is 30.0 Å². The third-order valence-electron chi connectivity index (χ3n) is 3.69. The molecule has 1 aliphatic rings. The van der Waals surface area contributed by atoms with Gasteiger partial charge in [-0.3, -0.25) is 5.01 Å². The average molecular weight is 409 g/mol. The largest absolute Gasteiger partial charge is 0.340 e. The van der Waals surface area contributed by atoms with E-state index < -0.39 is 15.3 Å². The van der Waals surface area contributed by atoms with Gasteiger partial charge in [0.1, 0.15) is 10.4 Å². The molecule has 1 unspecified atom stereocenters. The lowest BCUT2D eigenvalue weighted by Crippen LogP contribution is -2.49. The first-order chi connectivity index (χ1) is 11.4. The molecule has 124 valence electrons. The number of aromatic amines is 1. The second-order valence-corrected chi connectivity index (χ2v) is 8.38. The summed E-state index contributed by atoms with van der Waals surface area (Å²) in [5, 5.41) is 1.61. The summed E-state index contributed by atoms with van der Waals surface area (Å²) >= 11 is 3.41. The van der Waals surface area contributed by atoms with Crippen molar-refractivity contribution in [2.75, 3.05) is 11.3 Å². The number of nitrogens with one attached hydrogen (secondary N) is 1. The molecule has 3 aromatic rings. The Morgan fingerprint density at radius 3 is 2.88 bits per heavy atom. The Labute approximate surface area is 146 Å². The zero-order valence-electron chi connectivity index (χ0n) is 12.6. The van der Waals surface area contributed by atoms with Gasteiger partial charge in [0.15, 0.2) is 15.7 Å². The minimum Gasteiger partial charge on any atom is -0.340 e. The zero-order chi connectivity index (χ0) is 16.9. The second kappa shape index (κ2) is 5.42. The Balaban J connectivity index is 1.79. The number of para-hydroxylation sites is 2. The van der Waals surface area contributed by atoms with Crippen LogP contribution in [0.25, 0.3) is 11.0 Å². The number of H-pyrrole nitrogens is 1. The molecule has 0 saturated carbocycles. The fourth-order valence-corrected chi connectivity index (χ4v) is 4.08. The van der Waals surface area contributed by atoms with Crippen LogP contribution in [0.5, 0.6) is 0 Å². The van der Waals surface area contributed by atoms with Crippen molar-refractivity contribution in [1.29, 1.82) is 0 Å². The topological polar surface area (TPSA) is 96.2 Å². The molecule has 1 aromatic carbocycles. The van der Waals surface area contributed by atoms with Crippen molar-refractivity contribution in [2.24, 2.45) is 4.99 Å². The molecule has 24 heavy (non-hydrogen) atoms. The van der Waals surface area contributed by atoms with Gasteiger partial charge < -0.3 is 4.98 Å². The highest BCUT2D eigenvalue weighted by atomic mass is 79.9. The molecule has 0 spiro atoms. The Hall–Kier alpha value is -2.20. The van der Waals surface area contributed by atoms with Crippen LogP contribution in [0.2, 0.25) is 0 Å². The average Bonchev–Trinajstić information content (AvgIpc) is 3.09. The number of imidazole rings is 2. The molecule has 0 radical (unpaired) electrons. The van der Waals surface area contributed by atoms with Gasteiger partial charge in [-0.2, -0.15) is 0 Å². The van der Waals surface area contributed by atoms with Crippen molar-refractivity contribution < 1.29 is 8.42 Å². The summed E-state index contributed by atoms with van der Waals surface area (Å²) in [6.45, 7) is 0.242. The number of aliphatic imine (C=N–C) groups is 1. The molecular formula is C14H13BrN6O2S. The predicted molar refractivity (Wildman–Crippen MR) is 94.2 cm³/mol. The number of aromatic nitrogens is 4. The summed E-state index contributed by atoms with van der Waals surface area (Å²) in [6.07, 6.45) is 4.24. The van der Waals surface area contributed by atoms with E-state index in [0.717, 1.165) is 17.3 Å². The van der Waals surface area contributed by atoms with Gasteiger partial charge in [-0.15, -0.1) is 0 Å². The Morgan fingerprint density at radius 2 is 2.12 bits per heavy atom. The summed E-state index contributed by atoms with van der Waals surface area (Å²) < 4.78 is 26.7. The van der Waals surface area contributed by atoms with Crippen LogP contribution in [-0.4, -0.2) is 46.0 Å². The standard InChI is InChI=1S/C14H13BrN6O2S/c1-24(22,23)14-17-7-13-16-6-11(15)21(13)20(14)8-12-18-9-4-2-3-5-10(9)19-12/h2-7,14H,8H2,1H3,(H,18,19). The number of benzene rings is 1. The third-order valence-corrected chi connectivity index (χ3v) is 5.36. The van der Waals surface area contributed by atoms with Crippen molar-refractivity contribution in [3.05, 3.63) is 46.7 Å². The number of hydrogen-bond acceptors (Lipinski definition) is 6. The number of fused-ring (bicyclic) bond motifs is 2. The van der Waals surface area contributed by atoms with Crippen molar-refractivity contribution in [3.63, 3.8) is 0 Å². The Kier molecular flexibility index (Phi) is 3.46. The molecule has 2 aromatic heterocycles. The van der Waals surface area contributed by atoms with Crippen molar-refractivity contribution in [1.82, 2.24) is 19.6 Å². The fraction of sp³-hybridized carbons (Fsp3) is 0.214. The van der Waals surface area contributed by atoms with E-state index in [-0.39, 0.29) is 6.54 Å². The van der Waals surface area contributed by atoms with E-state index >= 15 is 0 Å². The number of sulfone groups is 1. The van der Waals surface area contributed by atoms with Crippen LogP contribution in [0.3, 0.4) is 0 Å². The van der Waals surface area contributed by atoms with E-state index in [2.05, 4.69) is 35.9 Å². The van der Waals surface area contributed by atoms with Gasteiger partial charge in [0.2, 0.25) is 5.50 Å². The molecule has 0 bridgehead atoms. The molecule has 4 rings (SSSR count). The van der Waals surface area contributed by atoms with Crippen LogP contribution in [0.15, 0.2) is 40.1 Å². The van der Waals surface area contributed by atoms with Gasteiger partial charge in [0, 0.05) is 6.26 Å². The highest BCUT2D eigenvalue weighted by Crippen LogP contribution is 2.22. The van der Waals surface area contributed by atoms with Crippen LogP contribution in [-0.2, 0) is 16.4 Å². The lowest BCUT2D eigenvalue weighted by atomic mass is 10.3. The number of halogens is 1. The molecule has 0 amide bonds. The number of rotatable bonds is 3. The molecular weight excluding hydrogens is 396 g/mol. The molecule has 3 heterocycles. The third kappa shape index (κ3) is 2.51. The van der Waals surface area contributed by atoms with E-state index in [1.807, 2.05) is 24.3 Å². The van der Waals surface area contributed by atoms with Gasteiger partial charge in [0.25, 0.3) is 0 Å². The van der Waals surface area contributed by atoms with Crippen LogP contribution in [0.4, 0.5) is 0 Å². The first-order valence-corrected chi connectivity index (χ1v) is 9.84. The SMILES string of the molecule is CS(=O)(=O)C1N=Cc2ncc(Br)n2N1Cc1nc2ccccc2[nH]1. The molecule has 0 aliphatic carbocycles. The molecule has 8 nitrogen and oxygen atoms in total. The first-order valence-electron chi connectivity index (χ1n) is 7.09. The fourth-order valence-electron chi connectivity index (χ4n) is 2.70. The predicted octanol–water partition coefficient (Wildman–Crippen LogP) is 1.42. The summed E-state index contributed by atoms with van der Waals surface area (Å²) in [4.78, 5) is 16.1. The smallest absolute Gasteiger partial charge is 0.237 e. The molecule has 1 atom stereocenters. The highest BCUT2D eigenvalue weighted by molar-refractivity contribution is 9.10. The van der Waals surface area contributed by atoms with Crippen LogP contribution < -0.4 is 5.01 Å². The molecule has 10 heteroatoms. The minimum atomic E-state index is -3.45. The van der Waals surface area contributed by atoms with Crippen molar-refractivity contribution in [2.45, 2.75) is 12.0 Å². The van der Waals surface area contributed by atoms with Crippen LogP contribution in [0, 0.1) is 0 Å². The summed E-state index contributed by atoms with van der Waals surface area (Å²) in [5.41, 5.74) is 0.686. The van der Waals surface area contributed by atoms with Gasteiger partial charge in [-0.25, -0.2) is 28.1 Å². The molecule has 0 fully saturated rings. The quantitative estimate of drug-likeness (QED) is 0.706. The number of hydrogen-bond donors (Lipinski definition) is 1. The minimum absolute atomic E-state index is 0.242. The lowest BCUT2D eigenvalue weighted by molar-refractivity contribution is 0.502. The van der Waals surface area contributed by atoms with Gasteiger partial charge in [-0.05, 0) is 28.1 Å². The van der Waals surface area contributed by atoms with Gasteiger partial charge in [-0.1, -0.05) is 12.1 Å². The van der Waals surface area contributed by atoms with E-state index in [4.69, 9.17) is 0 Å². The van der Waals surface area contributed by atoms with Crippen molar-refractivity contribution in [3.8, 4) is 0 Å². The summed E-state index contributed by atoms with van der Waals surface area (Å²) in [6, 6.07) is 7.64. The van der Waals surface area contributed by atoms with E-state index in [1.54, 1.807) is 15.9 Å². The maximum atomic E-state index is 12.2. The lowest BCUT2D eigenvalue weighted by Gasteiger charge is -2.33. The van der Waals surface area contributed by atoms with Crippen molar-refractivity contribution >= 4 is 43.0 Å². The van der Waals surface area contributed by atoms with E-state index in [9.17, 15) is 8.42 Å². The molecule has 0 saturated heterocycles. The summed E-state index contributed by atoms with van der Waals surface area (Å²) in [7, 11) is -3.45. The maximum absolute atomic E-state index is 12.2. The Bertz CT molecular complexity index is 1020. The highest BCUT2D eigenvalue weighted by Gasteiger charge is 2.33. The monoisotopic (exact) mass is 408 g/mol. The number of nitrogens with zero attached hydrogens (tertiary/aromatic N) is 5. The maximum Gasteiger partial charge on any atom is 0.237 e. The van der Waals surface area contributed by atoms with E-state index in [1.165, 1.54) is 6.21 Å². The molecule has 1 N–H and O–H groups in total. The van der Waals surface area contributed by atoms with E-state index in [0.29, 0.717) is 16.3 Å².